The van der Waals surface area contributed by atoms with E-state index in [-0.39, 0.29) is 23.1 Å². The molecule has 0 aliphatic heterocycles. The Morgan fingerprint density at radius 2 is 1.88 bits per heavy atom. The summed E-state index contributed by atoms with van der Waals surface area (Å²) in [6.45, 7) is 2.36. The number of rotatable bonds is 5. The number of nitrogens with one attached hydrogen (secondary N) is 2. The smallest absolute Gasteiger partial charge is 0.272 e. The zero-order chi connectivity index (χ0) is 18.5. The van der Waals surface area contributed by atoms with E-state index >= 15 is 0 Å². The van der Waals surface area contributed by atoms with E-state index in [0.29, 0.717) is 6.54 Å². The van der Waals surface area contributed by atoms with Crippen LogP contribution in [0, 0.1) is 18.6 Å². The van der Waals surface area contributed by atoms with Gasteiger partial charge in [-0.25, -0.2) is 8.78 Å². The fourth-order valence-electron chi connectivity index (χ4n) is 2.34. The first kappa shape index (κ1) is 17.5. The van der Waals surface area contributed by atoms with Crippen LogP contribution in [-0.2, 0) is 6.54 Å². The monoisotopic (exact) mass is 354 g/mol. The lowest BCUT2D eigenvalue weighted by molar-refractivity contribution is 0.0945. The van der Waals surface area contributed by atoms with Crippen LogP contribution < -0.4 is 10.6 Å². The minimum atomic E-state index is -0.744. The van der Waals surface area contributed by atoms with Crippen LogP contribution in [0.1, 0.15) is 21.6 Å². The lowest BCUT2D eigenvalue weighted by atomic mass is 10.1. The molecule has 26 heavy (non-hydrogen) atoms. The lowest BCUT2D eigenvalue weighted by Crippen LogP contribution is -2.24. The molecular formula is C19H16F2N4O. The van der Waals surface area contributed by atoms with Crippen molar-refractivity contribution in [3.63, 3.8) is 0 Å². The molecule has 0 aliphatic rings. The third-order valence-electron chi connectivity index (χ3n) is 3.63. The molecule has 5 nitrogen and oxygen atoms in total. The molecule has 1 heterocycles. The molecule has 0 atom stereocenters. The molecule has 2 aromatic carbocycles. The summed E-state index contributed by atoms with van der Waals surface area (Å²) in [5.74, 6) is -1.53. The van der Waals surface area contributed by atoms with Crippen LogP contribution in [0.15, 0.2) is 54.6 Å². The van der Waals surface area contributed by atoms with Gasteiger partial charge in [-0.3, -0.25) is 4.79 Å². The van der Waals surface area contributed by atoms with Gasteiger partial charge in [-0.05, 0) is 36.8 Å². The Labute approximate surface area is 149 Å². The van der Waals surface area contributed by atoms with E-state index in [1.165, 1.54) is 18.2 Å². The Bertz CT molecular complexity index is 929. The SMILES string of the molecule is Cc1cccc(CNC(=O)c2ccc(Nc3ccc(F)cc3F)nn2)c1. The highest BCUT2D eigenvalue weighted by Gasteiger charge is 2.09. The van der Waals surface area contributed by atoms with Crippen molar-refractivity contribution in [1.29, 1.82) is 0 Å². The van der Waals surface area contributed by atoms with Gasteiger partial charge in [0.25, 0.3) is 5.91 Å². The number of aromatic nitrogens is 2. The molecule has 0 bridgehead atoms. The molecule has 0 saturated heterocycles. The summed E-state index contributed by atoms with van der Waals surface area (Å²) in [4.78, 5) is 12.1. The third kappa shape index (κ3) is 4.38. The maximum atomic E-state index is 13.6. The standard InChI is InChI=1S/C19H16F2N4O/c1-12-3-2-4-13(9-12)11-22-19(26)17-7-8-18(25-24-17)23-16-6-5-14(20)10-15(16)21/h2-10H,11H2,1H3,(H,22,26)(H,23,25). The molecule has 3 aromatic rings. The van der Waals surface area contributed by atoms with Crippen LogP contribution in [-0.4, -0.2) is 16.1 Å². The van der Waals surface area contributed by atoms with Gasteiger partial charge in [-0.15, -0.1) is 10.2 Å². The molecule has 7 heteroatoms. The van der Waals surface area contributed by atoms with E-state index in [4.69, 9.17) is 0 Å². The van der Waals surface area contributed by atoms with E-state index in [2.05, 4.69) is 20.8 Å². The number of hydrogen-bond acceptors (Lipinski definition) is 4. The second-order valence-corrected chi connectivity index (χ2v) is 5.72. The van der Waals surface area contributed by atoms with Gasteiger partial charge in [0.2, 0.25) is 0 Å². The molecule has 0 saturated carbocycles. The predicted octanol–water partition coefficient (Wildman–Crippen LogP) is 3.74. The number of hydrogen-bond donors (Lipinski definition) is 2. The number of nitrogens with zero attached hydrogens (tertiary/aromatic N) is 2. The maximum Gasteiger partial charge on any atom is 0.272 e. The van der Waals surface area contributed by atoms with Crippen LogP contribution in [0.4, 0.5) is 20.3 Å². The van der Waals surface area contributed by atoms with E-state index in [9.17, 15) is 13.6 Å². The van der Waals surface area contributed by atoms with E-state index in [0.717, 1.165) is 23.3 Å². The lowest BCUT2D eigenvalue weighted by Gasteiger charge is -2.08. The molecule has 0 fully saturated rings. The van der Waals surface area contributed by atoms with Crippen molar-refractivity contribution in [2.75, 3.05) is 5.32 Å². The zero-order valence-electron chi connectivity index (χ0n) is 14.0. The molecular weight excluding hydrogens is 338 g/mol. The molecule has 0 radical (unpaired) electrons. The highest BCUT2D eigenvalue weighted by Crippen LogP contribution is 2.19. The Morgan fingerprint density at radius 3 is 2.58 bits per heavy atom. The van der Waals surface area contributed by atoms with Gasteiger partial charge in [0.15, 0.2) is 11.5 Å². The first-order chi connectivity index (χ1) is 12.5. The quantitative estimate of drug-likeness (QED) is 0.733. The van der Waals surface area contributed by atoms with Crippen molar-refractivity contribution in [2.24, 2.45) is 0 Å². The third-order valence-corrected chi connectivity index (χ3v) is 3.63. The second kappa shape index (κ2) is 7.69. The van der Waals surface area contributed by atoms with Crippen molar-refractivity contribution in [3.8, 4) is 0 Å². The number of carbonyl (C=O) groups is 1. The largest absolute Gasteiger partial charge is 0.347 e. The minimum absolute atomic E-state index is 0.0670. The van der Waals surface area contributed by atoms with Crippen molar-refractivity contribution in [2.45, 2.75) is 13.5 Å². The highest BCUT2D eigenvalue weighted by molar-refractivity contribution is 5.92. The fraction of sp³-hybridized carbons (Fsp3) is 0.105. The summed E-state index contributed by atoms with van der Waals surface area (Å²) in [7, 11) is 0. The predicted molar refractivity (Wildman–Crippen MR) is 94.0 cm³/mol. The Morgan fingerprint density at radius 1 is 1.04 bits per heavy atom. The Balaban J connectivity index is 1.62. The van der Waals surface area contributed by atoms with Gasteiger partial charge < -0.3 is 10.6 Å². The molecule has 132 valence electrons. The van der Waals surface area contributed by atoms with Gasteiger partial charge in [-0.1, -0.05) is 29.8 Å². The fourth-order valence-corrected chi connectivity index (χ4v) is 2.34. The molecule has 1 aromatic heterocycles. The number of aryl methyl sites for hydroxylation is 1. The van der Waals surface area contributed by atoms with Crippen LogP contribution in [0.25, 0.3) is 0 Å². The van der Waals surface area contributed by atoms with E-state index in [1.807, 2.05) is 31.2 Å². The van der Waals surface area contributed by atoms with Gasteiger partial charge in [0.05, 0.1) is 5.69 Å². The van der Waals surface area contributed by atoms with Gasteiger partial charge in [0.1, 0.15) is 11.6 Å². The number of amides is 1. The Hall–Kier alpha value is -3.35. The average Bonchev–Trinajstić information content (AvgIpc) is 2.63. The summed E-state index contributed by atoms with van der Waals surface area (Å²) < 4.78 is 26.5. The maximum absolute atomic E-state index is 13.6. The number of carbonyl (C=O) groups excluding carboxylic acids is 1. The summed E-state index contributed by atoms with van der Waals surface area (Å²) in [6.07, 6.45) is 0. The van der Waals surface area contributed by atoms with E-state index in [1.54, 1.807) is 0 Å². The van der Waals surface area contributed by atoms with Crippen molar-refractivity contribution in [1.82, 2.24) is 15.5 Å². The van der Waals surface area contributed by atoms with Crippen molar-refractivity contribution < 1.29 is 13.6 Å². The summed E-state index contributed by atoms with van der Waals surface area (Å²) in [5, 5.41) is 13.1. The zero-order valence-corrected chi connectivity index (χ0v) is 14.0. The van der Waals surface area contributed by atoms with Crippen LogP contribution >= 0.6 is 0 Å². The molecule has 3 rings (SSSR count). The molecule has 0 aliphatic carbocycles. The number of anilines is 2. The van der Waals surface area contributed by atoms with Gasteiger partial charge in [-0.2, -0.15) is 0 Å². The topological polar surface area (TPSA) is 66.9 Å². The minimum Gasteiger partial charge on any atom is -0.347 e. The van der Waals surface area contributed by atoms with E-state index < -0.39 is 11.6 Å². The van der Waals surface area contributed by atoms with Crippen molar-refractivity contribution >= 4 is 17.4 Å². The highest BCUT2D eigenvalue weighted by atomic mass is 19.1. The molecule has 0 unspecified atom stereocenters. The van der Waals surface area contributed by atoms with Crippen LogP contribution in [0.5, 0.6) is 0 Å². The Kier molecular flexibility index (Phi) is 5.17. The number of benzene rings is 2. The first-order valence-electron chi connectivity index (χ1n) is 7.91. The van der Waals surface area contributed by atoms with Crippen molar-refractivity contribution in [3.05, 3.63) is 83.1 Å². The summed E-state index contributed by atoms with van der Waals surface area (Å²) in [6, 6.07) is 13.9. The average molecular weight is 354 g/mol. The molecule has 2 N–H and O–H groups in total. The normalized spacial score (nSPS) is 10.4. The van der Waals surface area contributed by atoms with Gasteiger partial charge >= 0.3 is 0 Å². The second-order valence-electron chi connectivity index (χ2n) is 5.72. The van der Waals surface area contributed by atoms with Crippen LogP contribution in [0.2, 0.25) is 0 Å². The summed E-state index contributed by atoms with van der Waals surface area (Å²) in [5.41, 5.74) is 2.30. The number of halogens is 2. The first-order valence-corrected chi connectivity index (χ1v) is 7.91. The molecule has 0 spiro atoms. The summed E-state index contributed by atoms with van der Waals surface area (Å²) >= 11 is 0. The molecule has 1 amide bonds. The van der Waals surface area contributed by atoms with Crippen LogP contribution in [0.3, 0.4) is 0 Å². The van der Waals surface area contributed by atoms with Gasteiger partial charge in [0, 0.05) is 12.6 Å².